The zero-order valence-corrected chi connectivity index (χ0v) is 14.9. The van der Waals surface area contributed by atoms with Crippen LogP contribution in [-0.4, -0.2) is 22.5 Å². The first-order valence-corrected chi connectivity index (χ1v) is 8.47. The number of ketones is 1. The van der Waals surface area contributed by atoms with E-state index < -0.39 is 0 Å². The lowest BCUT2D eigenvalue weighted by molar-refractivity contribution is 0.101. The Morgan fingerprint density at radius 3 is 2.63 bits per heavy atom. The number of ether oxygens (including phenoxy) is 2. The minimum Gasteiger partial charge on any atom is -0.454 e. The molecule has 1 aliphatic rings. The van der Waals surface area contributed by atoms with Crippen LogP contribution in [0.4, 0.5) is 23.1 Å². The first-order valence-electron chi connectivity index (χ1n) is 8.47. The molecule has 0 aliphatic carbocycles. The van der Waals surface area contributed by atoms with Gasteiger partial charge in [-0.3, -0.25) is 4.79 Å². The van der Waals surface area contributed by atoms with Crippen molar-refractivity contribution < 1.29 is 14.3 Å². The van der Waals surface area contributed by atoms with Crippen molar-refractivity contribution in [2.45, 2.75) is 13.8 Å². The van der Waals surface area contributed by atoms with Gasteiger partial charge in [0.05, 0.1) is 0 Å². The SMILES string of the molecule is CC(=O)c1cccc(Nc2nc(C)cc(Nc3ccc4c(c3)OCO4)n2)c1. The zero-order chi connectivity index (χ0) is 18.8. The highest BCUT2D eigenvalue weighted by Crippen LogP contribution is 2.35. The number of Topliss-reactive ketones (excluding diaryl/α,β-unsaturated/α-hetero) is 1. The number of aromatic nitrogens is 2. The minimum absolute atomic E-state index is 0.00831. The molecule has 2 aromatic carbocycles. The van der Waals surface area contributed by atoms with Crippen LogP contribution < -0.4 is 20.1 Å². The van der Waals surface area contributed by atoms with Gasteiger partial charge in [0.2, 0.25) is 12.7 Å². The first kappa shape index (κ1) is 16.8. The Bertz CT molecular complexity index is 1020. The molecular weight excluding hydrogens is 344 g/mol. The number of carbonyl (C=O) groups is 1. The Morgan fingerprint density at radius 1 is 0.963 bits per heavy atom. The number of hydrogen-bond acceptors (Lipinski definition) is 7. The number of nitrogens with one attached hydrogen (secondary N) is 2. The Morgan fingerprint density at radius 2 is 1.78 bits per heavy atom. The maximum absolute atomic E-state index is 11.6. The van der Waals surface area contributed by atoms with E-state index in [0.717, 1.165) is 22.8 Å². The molecule has 3 aromatic rings. The number of anilines is 4. The fraction of sp³-hybridized carbons (Fsp3) is 0.150. The van der Waals surface area contributed by atoms with Crippen molar-refractivity contribution in [2.75, 3.05) is 17.4 Å². The van der Waals surface area contributed by atoms with Crippen LogP contribution in [0.5, 0.6) is 11.5 Å². The topological polar surface area (TPSA) is 85.4 Å². The van der Waals surface area contributed by atoms with E-state index >= 15 is 0 Å². The van der Waals surface area contributed by atoms with Gasteiger partial charge in [-0.15, -0.1) is 0 Å². The third-order valence-electron chi connectivity index (χ3n) is 4.02. The molecule has 1 aromatic heterocycles. The van der Waals surface area contributed by atoms with E-state index in [2.05, 4.69) is 20.6 Å². The van der Waals surface area contributed by atoms with Crippen molar-refractivity contribution >= 4 is 28.9 Å². The highest BCUT2D eigenvalue weighted by molar-refractivity contribution is 5.95. The molecule has 1 aliphatic heterocycles. The molecule has 27 heavy (non-hydrogen) atoms. The Hall–Kier alpha value is -3.61. The average molecular weight is 362 g/mol. The molecule has 136 valence electrons. The summed E-state index contributed by atoms with van der Waals surface area (Å²) in [5.74, 6) is 2.52. The van der Waals surface area contributed by atoms with E-state index in [0.29, 0.717) is 23.1 Å². The lowest BCUT2D eigenvalue weighted by Gasteiger charge is -2.11. The molecule has 7 nitrogen and oxygen atoms in total. The van der Waals surface area contributed by atoms with E-state index in [4.69, 9.17) is 9.47 Å². The lowest BCUT2D eigenvalue weighted by Crippen LogP contribution is -2.03. The van der Waals surface area contributed by atoms with Gasteiger partial charge in [0.1, 0.15) is 5.82 Å². The maximum Gasteiger partial charge on any atom is 0.231 e. The Kier molecular flexibility index (Phi) is 4.33. The summed E-state index contributed by atoms with van der Waals surface area (Å²) in [5, 5.41) is 6.40. The number of fused-ring (bicyclic) bond motifs is 1. The molecule has 2 N–H and O–H groups in total. The molecule has 0 saturated carbocycles. The average Bonchev–Trinajstić information content (AvgIpc) is 3.09. The van der Waals surface area contributed by atoms with Crippen LogP contribution in [0.15, 0.2) is 48.5 Å². The molecule has 0 saturated heterocycles. The predicted octanol–water partition coefficient (Wildman–Crippen LogP) is 4.20. The number of hydrogen-bond donors (Lipinski definition) is 2. The third kappa shape index (κ3) is 3.82. The molecule has 0 spiro atoms. The van der Waals surface area contributed by atoms with Crippen LogP contribution in [0.3, 0.4) is 0 Å². The highest BCUT2D eigenvalue weighted by Gasteiger charge is 2.13. The summed E-state index contributed by atoms with van der Waals surface area (Å²) in [7, 11) is 0. The van der Waals surface area contributed by atoms with Crippen molar-refractivity contribution in [3.05, 3.63) is 59.8 Å². The Balaban J connectivity index is 1.56. The number of aryl methyl sites for hydroxylation is 1. The van der Waals surface area contributed by atoms with Crippen molar-refractivity contribution in [3.8, 4) is 11.5 Å². The first-order chi connectivity index (χ1) is 13.1. The lowest BCUT2D eigenvalue weighted by atomic mass is 10.1. The summed E-state index contributed by atoms with van der Waals surface area (Å²) in [6.45, 7) is 3.66. The summed E-state index contributed by atoms with van der Waals surface area (Å²) in [6, 6.07) is 14.7. The molecule has 4 rings (SSSR count). The van der Waals surface area contributed by atoms with E-state index in [1.54, 1.807) is 12.1 Å². The van der Waals surface area contributed by atoms with E-state index in [1.165, 1.54) is 6.92 Å². The molecule has 0 bridgehead atoms. The number of rotatable bonds is 5. The van der Waals surface area contributed by atoms with Crippen LogP contribution in [0.1, 0.15) is 23.0 Å². The fourth-order valence-corrected chi connectivity index (χ4v) is 2.76. The third-order valence-corrected chi connectivity index (χ3v) is 4.02. The van der Waals surface area contributed by atoms with Gasteiger partial charge in [0.15, 0.2) is 17.3 Å². The standard InChI is InChI=1S/C20H18N4O3/c1-12-8-19(22-16-6-7-17-18(10-16)27-11-26-17)24-20(21-12)23-15-5-3-4-14(9-15)13(2)25/h3-10H,11H2,1-2H3,(H2,21,22,23,24). The minimum atomic E-state index is 0.00831. The van der Waals surface area contributed by atoms with Crippen LogP contribution >= 0.6 is 0 Å². The summed E-state index contributed by atoms with van der Waals surface area (Å²) >= 11 is 0. The van der Waals surface area contributed by atoms with Crippen LogP contribution in [-0.2, 0) is 0 Å². The highest BCUT2D eigenvalue weighted by atomic mass is 16.7. The van der Waals surface area contributed by atoms with Crippen molar-refractivity contribution in [2.24, 2.45) is 0 Å². The predicted molar refractivity (Wildman–Crippen MR) is 102 cm³/mol. The van der Waals surface area contributed by atoms with Gasteiger partial charge in [-0.05, 0) is 38.1 Å². The van der Waals surface area contributed by atoms with Crippen molar-refractivity contribution in [3.63, 3.8) is 0 Å². The smallest absolute Gasteiger partial charge is 0.231 e. The second-order valence-electron chi connectivity index (χ2n) is 6.17. The largest absolute Gasteiger partial charge is 0.454 e. The molecule has 0 radical (unpaired) electrons. The molecule has 0 atom stereocenters. The molecule has 0 unspecified atom stereocenters. The van der Waals surface area contributed by atoms with E-state index in [9.17, 15) is 4.79 Å². The summed E-state index contributed by atoms with van der Waals surface area (Å²) in [5.41, 5.74) is 3.02. The summed E-state index contributed by atoms with van der Waals surface area (Å²) < 4.78 is 10.7. The molecule has 0 fully saturated rings. The van der Waals surface area contributed by atoms with Gasteiger partial charge in [0.25, 0.3) is 0 Å². The second-order valence-corrected chi connectivity index (χ2v) is 6.17. The zero-order valence-electron chi connectivity index (χ0n) is 14.9. The quantitative estimate of drug-likeness (QED) is 0.658. The normalized spacial score (nSPS) is 11.9. The van der Waals surface area contributed by atoms with Gasteiger partial charge in [-0.2, -0.15) is 4.98 Å². The van der Waals surface area contributed by atoms with E-state index in [1.807, 2.05) is 43.3 Å². The van der Waals surface area contributed by atoms with Crippen molar-refractivity contribution in [1.29, 1.82) is 0 Å². The van der Waals surface area contributed by atoms with Crippen LogP contribution in [0.2, 0.25) is 0 Å². The van der Waals surface area contributed by atoms with Crippen LogP contribution in [0, 0.1) is 6.92 Å². The number of benzene rings is 2. The molecule has 2 heterocycles. The van der Waals surface area contributed by atoms with Gasteiger partial charge >= 0.3 is 0 Å². The van der Waals surface area contributed by atoms with Gasteiger partial charge in [-0.1, -0.05) is 12.1 Å². The molecule has 0 amide bonds. The second kappa shape index (κ2) is 6.95. The number of carbonyl (C=O) groups excluding carboxylic acids is 1. The number of nitrogens with zero attached hydrogens (tertiary/aromatic N) is 2. The molecular formula is C20H18N4O3. The monoisotopic (exact) mass is 362 g/mol. The van der Waals surface area contributed by atoms with Gasteiger partial charge in [0, 0.05) is 34.8 Å². The summed E-state index contributed by atoms with van der Waals surface area (Å²) in [6.07, 6.45) is 0. The summed E-state index contributed by atoms with van der Waals surface area (Å²) in [4.78, 5) is 20.5. The van der Waals surface area contributed by atoms with Crippen LogP contribution in [0.25, 0.3) is 0 Å². The Labute approximate surface area is 156 Å². The van der Waals surface area contributed by atoms with E-state index in [-0.39, 0.29) is 12.6 Å². The molecule has 7 heteroatoms. The van der Waals surface area contributed by atoms with Gasteiger partial charge < -0.3 is 20.1 Å². The fourth-order valence-electron chi connectivity index (χ4n) is 2.76. The van der Waals surface area contributed by atoms with Crippen molar-refractivity contribution in [1.82, 2.24) is 9.97 Å². The maximum atomic E-state index is 11.6. The van der Waals surface area contributed by atoms with Gasteiger partial charge in [-0.25, -0.2) is 4.98 Å².